The molecule has 0 radical (unpaired) electrons. The van der Waals surface area contributed by atoms with E-state index in [1.807, 2.05) is 20.8 Å². The average molecular weight is 285 g/mol. The topological polar surface area (TPSA) is 76.4 Å². The van der Waals surface area contributed by atoms with E-state index in [-0.39, 0.29) is 12.1 Å². The van der Waals surface area contributed by atoms with Crippen LogP contribution in [0.5, 0.6) is 0 Å². The summed E-state index contributed by atoms with van der Waals surface area (Å²) in [6.07, 6.45) is 3.19. The summed E-state index contributed by atoms with van der Waals surface area (Å²) in [4.78, 5) is 11.6. The lowest BCUT2D eigenvalue weighted by atomic mass is 9.92. The van der Waals surface area contributed by atoms with Crippen molar-refractivity contribution in [2.75, 3.05) is 13.1 Å². The van der Waals surface area contributed by atoms with Crippen molar-refractivity contribution in [1.29, 1.82) is 0 Å². The number of carbonyl (C=O) groups excluding carboxylic acids is 1. The molecule has 20 heavy (non-hydrogen) atoms. The summed E-state index contributed by atoms with van der Waals surface area (Å²) >= 11 is 0. The zero-order valence-corrected chi connectivity index (χ0v) is 13.6. The Kier molecular flexibility index (Phi) is 5.83. The van der Waals surface area contributed by atoms with Crippen LogP contribution in [0.4, 0.5) is 4.79 Å². The van der Waals surface area contributed by atoms with Gasteiger partial charge in [-0.2, -0.15) is 0 Å². The number of amides is 1. The number of nitrogens with one attached hydrogen (secondary N) is 2. The molecule has 5 heteroatoms. The maximum absolute atomic E-state index is 11.6. The second kappa shape index (κ2) is 6.76. The van der Waals surface area contributed by atoms with Crippen LogP contribution in [0.1, 0.15) is 53.9 Å². The molecule has 1 fully saturated rings. The van der Waals surface area contributed by atoms with Crippen molar-refractivity contribution >= 4 is 6.09 Å². The Morgan fingerprint density at radius 2 is 2.10 bits per heavy atom. The zero-order valence-electron chi connectivity index (χ0n) is 13.6. The summed E-state index contributed by atoms with van der Waals surface area (Å²) in [6.45, 7) is 11.2. The van der Waals surface area contributed by atoms with Crippen LogP contribution in [0.25, 0.3) is 0 Å². The molecule has 0 heterocycles. The maximum Gasteiger partial charge on any atom is 0.407 e. The molecule has 2 unspecified atom stereocenters. The summed E-state index contributed by atoms with van der Waals surface area (Å²) in [5.41, 5.74) is 5.72. The van der Waals surface area contributed by atoms with Crippen molar-refractivity contribution in [1.82, 2.24) is 10.6 Å². The first kappa shape index (κ1) is 17.2. The van der Waals surface area contributed by atoms with Crippen LogP contribution >= 0.6 is 0 Å². The third-order valence-electron chi connectivity index (χ3n) is 3.62. The second-order valence-corrected chi connectivity index (χ2v) is 7.59. The first-order chi connectivity index (χ1) is 9.11. The fraction of sp³-hybridized carbons (Fsp3) is 0.933. The van der Waals surface area contributed by atoms with Gasteiger partial charge in [0.15, 0.2) is 0 Å². The minimum absolute atomic E-state index is 0.0985. The molecule has 5 nitrogen and oxygen atoms in total. The molecular formula is C15H31N3O2. The van der Waals surface area contributed by atoms with Crippen molar-refractivity contribution in [2.24, 2.45) is 11.1 Å². The monoisotopic (exact) mass is 285 g/mol. The molecule has 1 rings (SSSR count). The molecule has 0 bridgehead atoms. The van der Waals surface area contributed by atoms with Crippen LogP contribution in [0, 0.1) is 5.41 Å². The molecule has 0 aromatic rings. The van der Waals surface area contributed by atoms with Gasteiger partial charge in [-0.1, -0.05) is 13.8 Å². The summed E-state index contributed by atoms with van der Waals surface area (Å²) in [6, 6.07) is 0.598. The van der Waals surface area contributed by atoms with E-state index in [9.17, 15) is 4.79 Å². The highest BCUT2D eigenvalue weighted by molar-refractivity contribution is 5.67. The van der Waals surface area contributed by atoms with Gasteiger partial charge in [-0.25, -0.2) is 4.79 Å². The number of ether oxygens (including phenoxy) is 1. The van der Waals surface area contributed by atoms with Crippen LogP contribution in [-0.2, 0) is 4.74 Å². The summed E-state index contributed by atoms with van der Waals surface area (Å²) in [5, 5.41) is 6.33. The van der Waals surface area contributed by atoms with Gasteiger partial charge in [0.2, 0.25) is 0 Å². The van der Waals surface area contributed by atoms with Crippen LogP contribution in [0.2, 0.25) is 0 Å². The molecule has 4 N–H and O–H groups in total. The number of alkyl carbamates (subject to hydrolysis) is 1. The number of carbonyl (C=O) groups is 1. The van der Waals surface area contributed by atoms with Gasteiger partial charge >= 0.3 is 6.09 Å². The van der Waals surface area contributed by atoms with E-state index >= 15 is 0 Å². The highest BCUT2D eigenvalue weighted by Gasteiger charge is 2.31. The van der Waals surface area contributed by atoms with E-state index in [0.29, 0.717) is 24.5 Å². The van der Waals surface area contributed by atoms with E-state index < -0.39 is 5.60 Å². The molecule has 0 aromatic carbocycles. The Morgan fingerprint density at radius 1 is 1.45 bits per heavy atom. The Morgan fingerprint density at radius 3 is 2.55 bits per heavy atom. The fourth-order valence-electron chi connectivity index (χ4n) is 2.64. The summed E-state index contributed by atoms with van der Waals surface area (Å²) in [5.74, 6) is 0. The van der Waals surface area contributed by atoms with Crippen molar-refractivity contribution in [3.05, 3.63) is 0 Å². The molecule has 0 saturated heterocycles. The average Bonchev–Trinajstić information content (AvgIpc) is 2.61. The normalized spacial score (nSPS) is 23.4. The smallest absolute Gasteiger partial charge is 0.407 e. The Hall–Kier alpha value is -0.810. The second-order valence-electron chi connectivity index (χ2n) is 7.59. The van der Waals surface area contributed by atoms with E-state index in [1.165, 1.54) is 12.8 Å². The molecule has 1 aliphatic rings. The van der Waals surface area contributed by atoms with Gasteiger partial charge in [-0.3, -0.25) is 0 Å². The van der Waals surface area contributed by atoms with Gasteiger partial charge < -0.3 is 21.1 Å². The van der Waals surface area contributed by atoms with Crippen LogP contribution in [0.3, 0.4) is 0 Å². The van der Waals surface area contributed by atoms with E-state index in [1.54, 1.807) is 0 Å². The first-order valence-electron chi connectivity index (χ1n) is 7.54. The van der Waals surface area contributed by atoms with E-state index in [2.05, 4.69) is 24.5 Å². The van der Waals surface area contributed by atoms with Crippen LogP contribution in [0.15, 0.2) is 0 Å². The molecule has 2 atom stereocenters. The van der Waals surface area contributed by atoms with Gasteiger partial charge in [0.05, 0.1) is 0 Å². The molecule has 0 spiro atoms. The molecule has 1 aliphatic carbocycles. The third kappa shape index (κ3) is 6.57. The lowest BCUT2D eigenvalue weighted by Gasteiger charge is -2.25. The van der Waals surface area contributed by atoms with Gasteiger partial charge in [0, 0.05) is 25.2 Å². The highest BCUT2D eigenvalue weighted by Crippen LogP contribution is 2.36. The molecule has 118 valence electrons. The lowest BCUT2D eigenvalue weighted by molar-refractivity contribution is 0.0522. The predicted molar refractivity (Wildman–Crippen MR) is 81.6 cm³/mol. The minimum Gasteiger partial charge on any atom is -0.444 e. The number of rotatable bonds is 5. The maximum atomic E-state index is 11.6. The van der Waals surface area contributed by atoms with Gasteiger partial charge in [-0.15, -0.1) is 0 Å². The van der Waals surface area contributed by atoms with E-state index in [0.717, 1.165) is 6.42 Å². The summed E-state index contributed by atoms with van der Waals surface area (Å²) < 4.78 is 5.22. The highest BCUT2D eigenvalue weighted by atomic mass is 16.6. The SMILES string of the molecule is CC1(C)CCC(NC(CN)CNC(=O)OC(C)(C)C)C1. The summed E-state index contributed by atoms with van der Waals surface area (Å²) in [7, 11) is 0. The van der Waals surface area contributed by atoms with Gasteiger partial charge in [-0.05, 0) is 45.4 Å². The van der Waals surface area contributed by atoms with Gasteiger partial charge in [0.25, 0.3) is 0 Å². The van der Waals surface area contributed by atoms with Crippen molar-refractivity contribution < 1.29 is 9.53 Å². The standard InChI is InChI=1S/C15H31N3O2/c1-14(2,3)20-13(19)17-10-12(9-16)18-11-6-7-15(4,5)8-11/h11-12,18H,6-10,16H2,1-5H3,(H,17,19). The Balaban J connectivity index is 2.31. The quantitative estimate of drug-likeness (QED) is 0.722. The van der Waals surface area contributed by atoms with Crippen molar-refractivity contribution in [3.63, 3.8) is 0 Å². The van der Waals surface area contributed by atoms with Crippen LogP contribution < -0.4 is 16.4 Å². The number of hydrogen-bond donors (Lipinski definition) is 3. The molecular weight excluding hydrogens is 254 g/mol. The van der Waals surface area contributed by atoms with Gasteiger partial charge in [0.1, 0.15) is 5.60 Å². The Labute approximate surface area is 123 Å². The van der Waals surface area contributed by atoms with Crippen LogP contribution in [-0.4, -0.2) is 36.9 Å². The lowest BCUT2D eigenvalue weighted by Crippen LogP contribution is -2.49. The zero-order chi connectivity index (χ0) is 15.4. The minimum atomic E-state index is -0.467. The predicted octanol–water partition coefficient (Wildman–Crippen LogP) is 2.01. The fourth-order valence-corrected chi connectivity index (χ4v) is 2.64. The molecule has 0 aliphatic heterocycles. The largest absolute Gasteiger partial charge is 0.444 e. The van der Waals surface area contributed by atoms with E-state index in [4.69, 9.17) is 10.5 Å². The first-order valence-corrected chi connectivity index (χ1v) is 7.54. The van der Waals surface area contributed by atoms with Crippen molar-refractivity contribution in [2.45, 2.75) is 71.6 Å². The molecule has 0 aromatic heterocycles. The van der Waals surface area contributed by atoms with Crippen molar-refractivity contribution in [3.8, 4) is 0 Å². The number of hydrogen-bond acceptors (Lipinski definition) is 4. The molecule has 1 saturated carbocycles. The molecule has 1 amide bonds. The number of nitrogens with two attached hydrogens (primary N) is 1. The third-order valence-corrected chi connectivity index (χ3v) is 3.62. The Bertz CT molecular complexity index is 324.